The first-order valence-corrected chi connectivity index (χ1v) is 16.8. The molecule has 2 bridgehead atoms. The Morgan fingerprint density at radius 2 is 1.91 bits per heavy atom. The second-order valence-electron chi connectivity index (χ2n) is 14.7. The highest BCUT2D eigenvalue weighted by Gasteiger charge is 2.68. The third kappa shape index (κ3) is 7.87. The molecule has 3 saturated carbocycles. The van der Waals surface area contributed by atoms with E-state index >= 15 is 0 Å². The topological polar surface area (TPSA) is 158 Å². The van der Waals surface area contributed by atoms with Crippen LogP contribution in [0.15, 0.2) is 53.5 Å². The van der Waals surface area contributed by atoms with Crippen LogP contribution < -0.4 is 16.5 Å². The zero-order valence-electron chi connectivity index (χ0n) is 28.1. The second kappa shape index (κ2) is 14.2. The zero-order valence-corrected chi connectivity index (χ0v) is 28.1. The highest BCUT2D eigenvalue weighted by atomic mass is 16.7. The lowest BCUT2D eigenvalue weighted by Crippen LogP contribution is -2.65. The summed E-state index contributed by atoms with van der Waals surface area (Å²) < 4.78 is 13.3. The summed E-state index contributed by atoms with van der Waals surface area (Å²) in [6, 6.07) is 14.0. The van der Waals surface area contributed by atoms with Gasteiger partial charge in [0.05, 0.1) is 17.6 Å². The van der Waals surface area contributed by atoms with Crippen molar-refractivity contribution in [2.45, 2.75) is 90.8 Å². The molecule has 0 spiro atoms. The van der Waals surface area contributed by atoms with E-state index in [0.29, 0.717) is 31.1 Å². The number of rotatable bonds is 14. The van der Waals surface area contributed by atoms with E-state index in [1.165, 1.54) is 6.08 Å². The predicted molar refractivity (Wildman–Crippen MR) is 183 cm³/mol. The molecule has 1 saturated heterocycles. The number of nitrogens with zero attached hydrogens (tertiary/aromatic N) is 2. The monoisotopic (exact) mass is 645 g/mol. The van der Waals surface area contributed by atoms with Gasteiger partial charge in [-0.1, -0.05) is 75.6 Å². The standard InChI is InChI=1S/C35H48BN5O6/c1-22(2)17-31(36-46-30-21-27-20-29(34(27,3)4)35(30,5)47-36)39-32(43)26(11-8-16-38-33(37)40-41(44)45)19-28(42)15-13-23-12-14-24-9-6-7-10-25(24)18-23/h6-7,9-10,12-15,18,22,26-27,29-31H,8,11,16-17,19-21H2,1-5H3,(H,39,43)(H3,37,38,40)/b15-13+/t26-,27+,29+,30-,31+,35+/m1/s1. The van der Waals surface area contributed by atoms with Crippen molar-refractivity contribution < 1.29 is 23.9 Å². The van der Waals surface area contributed by atoms with Gasteiger partial charge in [0.1, 0.15) is 0 Å². The fraction of sp³-hybridized carbons (Fsp3) is 0.571. The van der Waals surface area contributed by atoms with Crippen LogP contribution in [0.1, 0.15) is 78.7 Å². The van der Waals surface area contributed by atoms with E-state index in [1.807, 2.05) is 47.9 Å². The molecule has 4 aliphatic rings. The number of aliphatic imine (C=N–C) groups is 1. The second-order valence-corrected chi connectivity index (χ2v) is 14.7. The largest absolute Gasteiger partial charge is 0.481 e. The summed E-state index contributed by atoms with van der Waals surface area (Å²) in [5.41, 5.74) is 8.07. The molecule has 4 fully saturated rings. The van der Waals surface area contributed by atoms with Crippen LogP contribution in [0.3, 0.4) is 0 Å². The fourth-order valence-corrected chi connectivity index (χ4v) is 7.92. The number of nitrogens with two attached hydrogens (primary N) is 1. The predicted octanol–water partition coefficient (Wildman–Crippen LogP) is 5.10. The molecule has 6 atom stereocenters. The molecule has 0 radical (unpaired) electrons. The Morgan fingerprint density at radius 3 is 2.62 bits per heavy atom. The summed E-state index contributed by atoms with van der Waals surface area (Å²) in [4.78, 5) is 41.8. The maximum absolute atomic E-state index is 13.9. The summed E-state index contributed by atoms with van der Waals surface area (Å²) in [5.74, 6) is -0.485. The quantitative estimate of drug-likeness (QED) is 0.0487. The summed E-state index contributed by atoms with van der Waals surface area (Å²) in [7, 11) is -0.576. The average Bonchev–Trinajstić information content (AvgIpc) is 3.37. The van der Waals surface area contributed by atoms with Gasteiger partial charge >= 0.3 is 7.12 Å². The van der Waals surface area contributed by atoms with E-state index in [2.05, 4.69) is 44.9 Å². The van der Waals surface area contributed by atoms with Crippen molar-refractivity contribution in [2.75, 3.05) is 6.54 Å². The maximum atomic E-state index is 13.9. The first-order valence-electron chi connectivity index (χ1n) is 16.8. The molecule has 0 aromatic heterocycles. The van der Waals surface area contributed by atoms with Crippen molar-refractivity contribution in [3.63, 3.8) is 0 Å². The SMILES string of the molecule is CC(C)C[C@H](NC(=O)[C@H](CCCN=C(N)N[N+](=O)[O-])CC(=O)/C=C/c1ccc2ccccc2c1)B1O[C@@H]2C[C@@H]3C[C@@H](C3(C)C)[C@]2(C)O1. The Hall–Kier alpha value is -3.77. The summed E-state index contributed by atoms with van der Waals surface area (Å²) in [5, 5.41) is 15.3. The number of ketones is 1. The molecule has 2 aromatic rings. The van der Waals surface area contributed by atoms with E-state index < -0.39 is 23.7 Å². The van der Waals surface area contributed by atoms with Gasteiger partial charge in [-0.3, -0.25) is 9.59 Å². The number of hydrogen-bond acceptors (Lipinski definition) is 7. The summed E-state index contributed by atoms with van der Waals surface area (Å²) >= 11 is 0. The van der Waals surface area contributed by atoms with Gasteiger partial charge in [-0.2, -0.15) is 0 Å². The normalized spacial score (nSPS) is 26.1. The molecule has 1 aliphatic heterocycles. The Balaban J connectivity index is 1.28. The van der Waals surface area contributed by atoms with Crippen LogP contribution in [-0.4, -0.2) is 54.0 Å². The molecule has 3 aliphatic carbocycles. The number of hydrogen-bond donors (Lipinski definition) is 3. The Morgan fingerprint density at radius 1 is 1.17 bits per heavy atom. The van der Waals surface area contributed by atoms with Crippen molar-refractivity contribution in [2.24, 2.45) is 39.8 Å². The molecular formula is C35H48BN5O6. The Labute approximate surface area is 277 Å². The molecule has 12 heteroatoms. The van der Waals surface area contributed by atoms with E-state index in [0.717, 1.165) is 29.2 Å². The number of fused-ring (bicyclic) bond motifs is 1. The number of allylic oxidation sites excluding steroid dienone is 1. The van der Waals surface area contributed by atoms with Gasteiger partial charge in [0.25, 0.3) is 5.96 Å². The number of nitro groups is 1. The average molecular weight is 646 g/mol. The Kier molecular flexibility index (Phi) is 10.4. The summed E-state index contributed by atoms with van der Waals surface area (Å²) in [6.45, 7) is 11.2. The lowest BCUT2D eigenvalue weighted by atomic mass is 9.43. The summed E-state index contributed by atoms with van der Waals surface area (Å²) in [6.07, 6.45) is 6.79. The molecule has 47 heavy (non-hydrogen) atoms. The number of amides is 1. The lowest BCUT2D eigenvalue weighted by Gasteiger charge is -2.64. The van der Waals surface area contributed by atoms with Crippen LogP contribution in [0.25, 0.3) is 16.8 Å². The van der Waals surface area contributed by atoms with Crippen LogP contribution in [0.5, 0.6) is 0 Å². The molecule has 0 unspecified atom stereocenters. The number of benzene rings is 2. The van der Waals surface area contributed by atoms with Crippen LogP contribution in [0.2, 0.25) is 0 Å². The van der Waals surface area contributed by atoms with Gasteiger partial charge in [-0.05, 0) is 90.7 Å². The minimum Gasteiger partial charge on any atom is -0.404 e. The third-order valence-electron chi connectivity index (χ3n) is 10.6. The zero-order chi connectivity index (χ0) is 33.9. The third-order valence-corrected chi connectivity index (χ3v) is 10.6. The lowest BCUT2D eigenvalue weighted by molar-refractivity contribution is -0.525. The minimum atomic E-state index is -0.779. The van der Waals surface area contributed by atoms with Gasteiger partial charge < -0.3 is 20.4 Å². The van der Waals surface area contributed by atoms with E-state index in [1.54, 1.807) is 6.08 Å². The van der Waals surface area contributed by atoms with Crippen LogP contribution >= 0.6 is 0 Å². The molecular weight excluding hydrogens is 597 g/mol. The number of carbonyl (C=O) groups is 2. The fourth-order valence-electron chi connectivity index (χ4n) is 7.92. The maximum Gasteiger partial charge on any atom is 0.481 e. The highest BCUT2D eigenvalue weighted by Crippen LogP contribution is 2.65. The smallest absolute Gasteiger partial charge is 0.404 e. The Bertz CT molecular complexity index is 1550. The van der Waals surface area contributed by atoms with E-state index in [-0.39, 0.29) is 54.0 Å². The van der Waals surface area contributed by atoms with Crippen molar-refractivity contribution in [3.8, 4) is 0 Å². The van der Waals surface area contributed by atoms with Gasteiger partial charge in [0, 0.05) is 18.9 Å². The van der Waals surface area contributed by atoms with Gasteiger partial charge in [0.15, 0.2) is 10.8 Å². The van der Waals surface area contributed by atoms with Crippen LogP contribution in [-0.2, 0) is 18.9 Å². The molecule has 4 N–H and O–H groups in total. The number of guanidine groups is 1. The molecule has 11 nitrogen and oxygen atoms in total. The van der Waals surface area contributed by atoms with Crippen LogP contribution in [0.4, 0.5) is 0 Å². The van der Waals surface area contributed by atoms with E-state index in [4.69, 9.17) is 15.0 Å². The van der Waals surface area contributed by atoms with Gasteiger partial charge in [0.2, 0.25) is 5.91 Å². The minimum absolute atomic E-state index is 0.00131. The molecule has 252 valence electrons. The van der Waals surface area contributed by atoms with Crippen molar-refractivity contribution in [1.29, 1.82) is 0 Å². The highest BCUT2D eigenvalue weighted by molar-refractivity contribution is 6.47. The number of hydrazine groups is 1. The van der Waals surface area contributed by atoms with Crippen molar-refractivity contribution >= 4 is 41.6 Å². The molecule has 1 heterocycles. The number of nitrogens with one attached hydrogen (secondary N) is 2. The molecule has 6 rings (SSSR count). The number of carbonyl (C=O) groups excluding carboxylic acids is 2. The van der Waals surface area contributed by atoms with Crippen LogP contribution in [0, 0.1) is 39.2 Å². The van der Waals surface area contributed by atoms with Crippen molar-refractivity contribution in [3.05, 3.63) is 64.2 Å². The first kappa shape index (κ1) is 34.6. The van der Waals surface area contributed by atoms with Gasteiger partial charge in [-0.15, -0.1) is 0 Å². The van der Waals surface area contributed by atoms with E-state index in [9.17, 15) is 19.7 Å². The van der Waals surface area contributed by atoms with Crippen molar-refractivity contribution in [1.82, 2.24) is 10.7 Å². The van der Waals surface area contributed by atoms with Gasteiger partial charge in [-0.25, -0.2) is 15.1 Å². The molecule has 2 aromatic carbocycles. The first-order chi connectivity index (χ1) is 22.3. The molecule has 1 amide bonds.